The molecule has 166 valence electrons. The van der Waals surface area contributed by atoms with Crippen LogP contribution in [0.2, 0.25) is 0 Å². The lowest BCUT2D eigenvalue weighted by atomic mass is 10.0. The van der Waals surface area contributed by atoms with Gasteiger partial charge in [-0.3, -0.25) is 14.2 Å². The van der Waals surface area contributed by atoms with E-state index >= 15 is 0 Å². The van der Waals surface area contributed by atoms with Crippen LogP contribution in [0.15, 0.2) is 28.9 Å². The molecule has 1 aliphatic heterocycles. The van der Waals surface area contributed by atoms with Crippen molar-refractivity contribution >= 4 is 5.91 Å². The van der Waals surface area contributed by atoms with Gasteiger partial charge in [-0.15, -0.1) is 10.2 Å². The average molecular weight is 435 g/mol. The first-order valence-electron chi connectivity index (χ1n) is 10.8. The number of amides is 1. The molecular weight excluding hydrogens is 408 g/mol. The second kappa shape index (κ2) is 7.77. The predicted octanol–water partition coefficient (Wildman–Crippen LogP) is 2.35. The number of aryl methyl sites for hydroxylation is 4. The fourth-order valence-electron chi connectivity index (χ4n) is 4.33. The normalized spacial score (nSPS) is 13.6. The maximum absolute atomic E-state index is 13.2. The Hall–Kier alpha value is -3.69. The molecule has 4 aromatic heterocycles. The number of hydrogen-bond donors (Lipinski definition) is 0. The zero-order valence-electron chi connectivity index (χ0n) is 18.7. The van der Waals surface area contributed by atoms with E-state index in [0.717, 1.165) is 47.1 Å². The number of rotatable bonds is 5. The first-order valence-corrected chi connectivity index (χ1v) is 10.8. The minimum atomic E-state index is -0.123. The van der Waals surface area contributed by atoms with Crippen LogP contribution in [0.3, 0.4) is 0 Å². The van der Waals surface area contributed by atoms with Gasteiger partial charge in [0.05, 0.1) is 18.8 Å². The molecule has 32 heavy (non-hydrogen) atoms. The fraction of sp³-hybridized carbons (Fsp3) is 0.409. The van der Waals surface area contributed by atoms with Crippen molar-refractivity contribution < 1.29 is 9.21 Å². The Morgan fingerprint density at radius 3 is 2.81 bits per heavy atom. The summed E-state index contributed by atoms with van der Waals surface area (Å²) in [7, 11) is 1.93. The van der Waals surface area contributed by atoms with Crippen molar-refractivity contribution in [2.75, 3.05) is 6.54 Å². The van der Waals surface area contributed by atoms with Gasteiger partial charge in [-0.05, 0) is 39.0 Å². The lowest BCUT2D eigenvalue weighted by molar-refractivity contribution is 0.0699. The third-order valence-electron chi connectivity index (χ3n) is 5.98. The number of aromatic nitrogens is 7. The molecule has 0 N–H and O–H groups in total. The monoisotopic (exact) mass is 434 g/mol. The third kappa shape index (κ3) is 3.41. The molecule has 0 bridgehead atoms. The zero-order chi connectivity index (χ0) is 22.4. The number of fused-ring (bicyclic) bond motifs is 1. The highest BCUT2D eigenvalue weighted by Crippen LogP contribution is 2.29. The van der Waals surface area contributed by atoms with Gasteiger partial charge in [0.15, 0.2) is 11.6 Å². The minimum Gasteiger partial charge on any atom is -0.454 e. The number of hydrogen-bond acceptors (Lipinski definition) is 6. The Bertz CT molecular complexity index is 1290. The molecule has 0 fully saturated rings. The van der Waals surface area contributed by atoms with Gasteiger partial charge in [0.2, 0.25) is 0 Å². The van der Waals surface area contributed by atoms with Gasteiger partial charge in [-0.25, -0.2) is 0 Å². The summed E-state index contributed by atoms with van der Waals surface area (Å²) >= 11 is 0. The molecule has 4 aromatic rings. The molecule has 0 saturated carbocycles. The summed E-state index contributed by atoms with van der Waals surface area (Å²) in [6, 6.07) is 5.61. The van der Waals surface area contributed by atoms with Crippen molar-refractivity contribution in [1.29, 1.82) is 0 Å². The van der Waals surface area contributed by atoms with Crippen LogP contribution in [0.5, 0.6) is 0 Å². The van der Waals surface area contributed by atoms with Crippen molar-refractivity contribution in [2.45, 2.75) is 46.8 Å². The first kappa shape index (κ1) is 20.2. The van der Waals surface area contributed by atoms with Crippen LogP contribution < -0.4 is 0 Å². The smallest absolute Gasteiger partial charge is 0.289 e. The summed E-state index contributed by atoms with van der Waals surface area (Å²) in [6.07, 6.45) is 2.43. The molecular formula is C22H26N8O2. The highest BCUT2D eigenvalue weighted by atomic mass is 16.4. The SMILES string of the molecule is CCn1cnnc1-c1nn(C)c2c1CN(C(=O)c1ccc(Cn3nc(C)cc3C)o1)CC2. The molecule has 0 radical (unpaired) electrons. The van der Waals surface area contributed by atoms with Crippen LogP contribution in [-0.4, -0.2) is 51.7 Å². The fourth-order valence-corrected chi connectivity index (χ4v) is 4.33. The lowest BCUT2D eigenvalue weighted by Crippen LogP contribution is -2.36. The van der Waals surface area contributed by atoms with E-state index in [1.807, 2.05) is 58.8 Å². The van der Waals surface area contributed by atoms with Gasteiger partial charge in [-0.1, -0.05) is 0 Å². The summed E-state index contributed by atoms with van der Waals surface area (Å²) in [5, 5.41) is 17.5. The molecule has 10 nitrogen and oxygen atoms in total. The Balaban J connectivity index is 1.38. The highest BCUT2D eigenvalue weighted by Gasteiger charge is 2.30. The predicted molar refractivity (Wildman–Crippen MR) is 116 cm³/mol. The van der Waals surface area contributed by atoms with Gasteiger partial charge in [0, 0.05) is 43.5 Å². The highest BCUT2D eigenvalue weighted by molar-refractivity contribution is 5.91. The minimum absolute atomic E-state index is 0.123. The molecule has 5 heterocycles. The molecule has 5 rings (SSSR count). The van der Waals surface area contributed by atoms with Crippen LogP contribution in [-0.2, 0) is 33.1 Å². The lowest BCUT2D eigenvalue weighted by Gasteiger charge is -2.26. The Labute approximate surface area is 185 Å². The van der Waals surface area contributed by atoms with Crippen molar-refractivity contribution in [1.82, 2.24) is 39.2 Å². The van der Waals surface area contributed by atoms with Crippen molar-refractivity contribution in [3.05, 3.63) is 58.7 Å². The molecule has 0 spiro atoms. The Kier molecular flexibility index (Phi) is 4.91. The standard InChI is InChI=1S/C22H26N8O2/c1-5-28-13-23-24-21(28)20-17-12-29(9-8-18(17)27(4)26-20)22(31)19-7-6-16(32-19)11-30-15(3)10-14(2)25-30/h6-7,10,13H,5,8-9,11-12H2,1-4H3. The molecule has 0 aromatic carbocycles. The maximum Gasteiger partial charge on any atom is 0.289 e. The summed E-state index contributed by atoms with van der Waals surface area (Å²) in [5.74, 6) is 1.65. The van der Waals surface area contributed by atoms with E-state index in [0.29, 0.717) is 31.2 Å². The molecule has 0 aliphatic carbocycles. The van der Waals surface area contributed by atoms with E-state index in [-0.39, 0.29) is 5.91 Å². The number of carbonyl (C=O) groups is 1. The van der Waals surface area contributed by atoms with Crippen molar-refractivity contribution in [3.63, 3.8) is 0 Å². The van der Waals surface area contributed by atoms with Crippen LogP contribution >= 0.6 is 0 Å². The van der Waals surface area contributed by atoms with Gasteiger partial charge >= 0.3 is 0 Å². The van der Waals surface area contributed by atoms with E-state index in [1.54, 1.807) is 12.4 Å². The Morgan fingerprint density at radius 1 is 1.22 bits per heavy atom. The first-order chi connectivity index (χ1) is 15.4. The van der Waals surface area contributed by atoms with E-state index in [1.165, 1.54) is 0 Å². The number of furan rings is 1. The number of carbonyl (C=O) groups excluding carboxylic acids is 1. The van der Waals surface area contributed by atoms with E-state index in [9.17, 15) is 4.79 Å². The van der Waals surface area contributed by atoms with Crippen LogP contribution in [0.25, 0.3) is 11.5 Å². The maximum atomic E-state index is 13.2. The molecule has 1 aliphatic rings. The second-order valence-corrected chi connectivity index (χ2v) is 8.17. The molecule has 0 atom stereocenters. The van der Waals surface area contributed by atoms with Gasteiger partial charge in [0.1, 0.15) is 17.8 Å². The molecule has 10 heteroatoms. The molecule has 0 saturated heterocycles. The molecule has 0 unspecified atom stereocenters. The quantitative estimate of drug-likeness (QED) is 0.478. The topological polar surface area (TPSA) is 99.8 Å². The summed E-state index contributed by atoms with van der Waals surface area (Å²) in [6.45, 7) is 8.32. The largest absolute Gasteiger partial charge is 0.454 e. The van der Waals surface area contributed by atoms with E-state index in [2.05, 4.69) is 15.3 Å². The average Bonchev–Trinajstić information content (AvgIpc) is 3.55. The van der Waals surface area contributed by atoms with E-state index in [4.69, 9.17) is 9.52 Å². The molecule has 1 amide bonds. The van der Waals surface area contributed by atoms with Crippen molar-refractivity contribution in [3.8, 4) is 11.5 Å². The summed E-state index contributed by atoms with van der Waals surface area (Å²) in [4.78, 5) is 15.0. The third-order valence-corrected chi connectivity index (χ3v) is 5.98. The van der Waals surface area contributed by atoms with Crippen molar-refractivity contribution in [2.24, 2.45) is 7.05 Å². The summed E-state index contributed by atoms with van der Waals surface area (Å²) in [5.41, 5.74) is 4.94. The number of nitrogens with zero attached hydrogens (tertiary/aromatic N) is 8. The Morgan fingerprint density at radius 2 is 2.06 bits per heavy atom. The zero-order valence-corrected chi connectivity index (χ0v) is 18.7. The van der Waals surface area contributed by atoms with Gasteiger partial charge in [0.25, 0.3) is 5.91 Å². The van der Waals surface area contributed by atoms with E-state index < -0.39 is 0 Å². The van der Waals surface area contributed by atoms with Crippen LogP contribution in [0, 0.1) is 13.8 Å². The summed E-state index contributed by atoms with van der Waals surface area (Å²) < 4.78 is 11.6. The second-order valence-electron chi connectivity index (χ2n) is 8.17. The van der Waals surface area contributed by atoms with Gasteiger partial charge < -0.3 is 13.9 Å². The van der Waals surface area contributed by atoms with Gasteiger partial charge in [-0.2, -0.15) is 10.2 Å². The van der Waals surface area contributed by atoms with Crippen LogP contribution in [0.1, 0.15) is 45.9 Å². The van der Waals surface area contributed by atoms with Crippen LogP contribution in [0.4, 0.5) is 0 Å².